The van der Waals surface area contributed by atoms with Crippen molar-refractivity contribution in [1.29, 1.82) is 0 Å². The van der Waals surface area contributed by atoms with Crippen LogP contribution in [0.4, 0.5) is 0 Å². The highest BCUT2D eigenvalue weighted by atomic mass is 16.3. The monoisotopic (exact) mass is 344 g/mol. The summed E-state index contributed by atoms with van der Waals surface area (Å²) in [5.74, 6) is 4.17. The summed E-state index contributed by atoms with van der Waals surface area (Å²) in [5, 5.41) is 10.1. The Morgan fingerprint density at radius 3 is 2.56 bits per heavy atom. The van der Waals surface area contributed by atoms with E-state index in [1.165, 1.54) is 4.57 Å². The van der Waals surface area contributed by atoms with Crippen molar-refractivity contribution in [3.63, 3.8) is 0 Å². The van der Waals surface area contributed by atoms with Crippen LogP contribution in [0.25, 0.3) is 0 Å². The zero-order chi connectivity index (χ0) is 18.4. The molecule has 4 N–H and O–H groups in total. The Morgan fingerprint density at radius 1 is 1.32 bits per heavy atom. The maximum atomic E-state index is 13.0. The van der Waals surface area contributed by atoms with Crippen molar-refractivity contribution in [2.24, 2.45) is 5.84 Å². The van der Waals surface area contributed by atoms with Gasteiger partial charge in [-0.3, -0.25) is 19.6 Å². The van der Waals surface area contributed by atoms with Crippen LogP contribution < -0.4 is 16.8 Å². The highest BCUT2D eigenvalue weighted by Crippen LogP contribution is 2.24. The minimum Gasteiger partial charge on any atom is -0.493 e. The van der Waals surface area contributed by atoms with Gasteiger partial charge in [0.25, 0.3) is 11.5 Å². The number of rotatable bonds is 7. The average molecular weight is 344 g/mol. The molecule has 0 radical (unpaired) electrons. The Morgan fingerprint density at radius 2 is 2.00 bits per heavy atom. The highest BCUT2D eigenvalue weighted by Gasteiger charge is 2.25. The summed E-state index contributed by atoms with van der Waals surface area (Å²) in [7, 11) is 0. The number of nitrogens with two attached hydrogens (primary N) is 1. The van der Waals surface area contributed by atoms with E-state index in [0.717, 1.165) is 18.4 Å². The fourth-order valence-electron chi connectivity index (χ4n) is 2.91. The quantitative estimate of drug-likeness (QED) is 0.404. The van der Waals surface area contributed by atoms with E-state index < -0.39 is 22.9 Å². The second kappa shape index (κ2) is 8.43. The molecular weight excluding hydrogens is 320 g/mol. The van der Waals surface area contributed by atoms with E-state index in [0.29, 0.717) is 18.7 Å². The standard InChI is InChI=1S/C18H24N4O3/c1-3-5-11-14-20-16(23)15(17(24)21-19)18(25)22(14)13(4-2)12-9-7-6-8-10-12/h6-10,13,23H,3-5,11,19H2,1-2H3,(H,21,24). The van der Waals surface area contributed by atoms with Gasteiger partial charge in [0.15, 0.2) is 5.56 Å². The Kier molecular flexibility index (Phi) is 6.30. The van der Waals surface area contributed by atoms with Crippen molar-refractivity contribution in [2.45, 2.75) is 45.6 Å². The minimum atomic E-state index is -0.853. The predicted octanol–water partition coefficient (Wildman–Crippen LogP) is 1.89. The van der Waals surface area contributed by atoms with Crippen molar-refractivity contribution >= 4 is 5.91 Å². The zero-order valence-electron chi connectivity index (χ0n) is 14.5. The first-order valence-electron chi connectivity index (χ1n) is 8.45. The van der Waals surface area contributed by atoms with Crippen molar-refractivity contribution in [1.82, 2.24) is 15.0 Å². The lowest BCUT2D eigenvalue weighted by Crippen LogP contribution is -2.39. The molecule has 0 saturated carbocycles. The summed E-state index contributed by atoms with van der Waals surface area (Å²) in [6.07, 6.45) is 2.91. The predicted molar refractivity (Wildman–Crippen MR) is 95.3 cm³/mol. The van der Waals surface area contributed by atoms with Gasteiger partial charge in [0.1, 0.15) is 5.82 Å². The average Bonchev–Trinajstić information content (AvgIpc) is 2.63. The SMILES string of the molecule is CCCCc1nc(O)c(C(=O)NN)c(=O)n1C(CC)c1ccccc1. The van der Waals surface area contributed by atoms with Crippen molar-refractivity contribution in [3.8, 4) is 5.88 Å². The van der Waals surface area contributed by atoms with E-state index in [1.807, 2.05) is 49.6 Å². The summed E-state index contributed by atoms with van der Waals surface area (Å²) < 4.78 is 1.51. The van der Waals surface area contributed by atoms with E-state index >= 15 is 0 Å². The molecule has 134 valence electrons. The molecule has 0 aliphatic rings. The number of aromatic hydroxyl groups is 1. The van der Waals surface area contributed by atoms with E-state index in [2.05, 4.69) is 4.98 Å². The van der Waals surface area contributed by atoms with E-state index in [-0.39, 0.29) is 6.04 Å². The number of carbonyl (C=O) groups is 1. The van der Waals surface area contributed by atoms with Crippen molar-refractivity contribution in [3.05, 3.63) is 57.6 Å². The van der Waals surface area contributed by atoms with Crippen LogP contribution in [-0.4, -0.2) is 20.6 Å². The van der Waals surface area contributed by atoms with Crippen LogP contribution in [0.5, 0.6) is 5.88 Å². The van der Waals surface area contributed by atoms with Gasteiger partial charge in [-0.05, 0) is 18.4 Å². The lowest BCUT2D eigenvalue weighted by molar-refractivity contribution is 0.0947. The number of nitrogen functional groups attached to an aromatic ring is 1. The van der Waals surface area contributed by atoms with Crippen molar-refractivity contribution in [2.75, 3.05) is 0 Å². The van der Waals surface area contributed by atoms with Crippen LogP contribution in [0, 0.1) is 0 Å². The molecule has 0 aliphatic carbocycles. The number of amides is 1. The maximum absolute atomic E-state index is 13.0. The summed E-state index contributed by atoms with van der Waals surface area (Å²) in [6, 6.07) is 9.28. The second-order valence-corrected chi connectivity index (χ2v) is 5.81. The van der Waals surface area contributed by atoms with Crippen LogP contribution in [0.15, 0.2) is 35.1 Å². The van der Waals surface area contributed by atoms with Crippen LogP contribution >= 0.6 is 0 Å². The van der Waals surface area contributed by atoms with Gasteiger partial charge in [-0.15, -0.1) is 0 Å². The van der Waals surface area contributed by atoms with Crippen molar-refractivity contribution < 1.29 is 9.90 Å². The number of hydrogen-bond acceptors (Lipinski definition) is 5. The Labute approximate surface area is 146 Å². The third-order valence-corrected chi connectivity index (χ3v) is 4.16. The third-order valence-electron chi connectivity index (χ3n) is 4.16. The van der Waals surface area contributed by atoms with E-state index in [9.17, 15) is 14.7 Å². The molecule has 1 heterocycles. The molecule has 1 aromatic heterocycles. The van der Waals surface area contributed by atoms with Crippen LogP contribution in [0.3, 0.4) is 0 Å². The molecule has 7 heteroatoms. The third kappa shape index (κ3) is 3.88. The topological polar surface area (TPSA) is 110 Å². The van der Waals surface area contributed by atoms with Gasteiger partial charge in [-0.25, -0.2) is 5.84 Å². The number of nitrogens with one attached hydrogen (secondary N) is 1. The van der Waals surface area contributed by atoms with Crippen LogP contribution in [-0.2, 0) is 6.42 Å². The largest absolute Gasteiger partial charge is 0.493 e. The summed E-state index contributed by atoms with van der Waals surface area (Å²) in [4.78, 5) is 29.1. The van der Waals surface area contributed by atoms with Gasteiger partial charge < -0.3 is 5.11 Å². The lowest BCUT2D eigenvalue weighted by Gasteiger charge is -2.23. The number of hydrazine groups is 1. The molecule has 2 aromatic rings. The molecule has 7 nitrogen and oxygen atoms in total. The number of carbonyl (C=O) groups excluding carboxylic acids is 1. The molecule has 1 amide bonds. The highest BCUT2D eigenvalue weighted by molar-refractivity contribution is 5.95. The molecule has 1 unspecified atom stereocenters. The van der Waals surface area contributed by atoms with E-state index in [1.54, 1.807) is 0 Å². The minimum absolute atomic E-state index is 0.280. The first kappa shape index (κ1) is 18.7. The number of benzene rings is 1. The first-order valence-corrected chi connectivity index (χ1v) is 8.45. The zero-order valence-corrected chi connectivity index (χ0v) is 14.5. The fourth-order valence-corrected chi connectivity index (χ4v) is 2.91. The van der Waals surface area contributed by atoms with Gasteiger partial charge in [0.2, 0.25) is 5.88 Å². The number of unbranched alkanes of at least 4 members (excludes halogenated alkanes) is 1. The van der Waals surface area contributed by atoms with Crippen LogP contribution in [0.2, 0.25) is 0 Å². The molecule has 0 fully saturated rings. The molecule has 2 rings (SSSR count). The molecular formula is C18H24N4O3. The summed E-state index contributed by atoms with van der Waals surface area (Å²) in [5.41, 5.74) is 1.82. The van der Waals surface area contributed by atoms with E-state index in [4.69, 9.17) is 5.84 Å². The number of hydrogen-bond donors (Lipinski definition) is 3. The molecule has 0 aliphatic heterocycles. The summed E-state index contributed by atoms with van der Waals surface area (Å²) >= 11 is 0. The Bertz CT molecular complexity index is 787. The first-order chi connectivity index (χ1) is 12.0. The lowest BCUT2D eigenvalue weighted by atomic mass is 10.0. The number of nitrogens with zero attached hydrogens (tertiary/aromatic N) is 2. The van der Waals surface area contributed by atoms with Crippen LogP contribution in [0.1, 0.15) is 60.9 Å². The van der Waals surface area contributed by atoms with Gasteiger partial charge in [0, 0.05) is 6.42 Å². The molecule has 25 heavy (non-hydrogen) atoms. The number of aromatic nitrogens is 2. The number of aryl methyl sites for hydroxylation is 1. The Hall–Kier alpha value is -2.67. The molecule has 1 atom stereocenters. The normalized spacial score (nSPS) is 12.0. The fraction of sp³-hybridized carbons (Fsp3) is 0.389. The van der Waals surface area contributed by atoms with Gasteiger partial charge in [-0.2, -0.15) is 4.98 Å². The molecule has 0 saturated heterocycles. The maximum Gasteiger partial charge on any atom is 0.276 e. The smallest absolute Gasteiger partial charge is 0.276 e. The van der Waals surface area contributed by atoms with Gasteiger partial charge in [-0.1, -0.05) is 50.6 Å². The Balaban J connectivity index is 2.70. The van der Waals surface area contributed by atoms with Gasteiger partial charge >= 0.3 is 0 Å². The van der Waals surface area contributed by atoms with Gasteiger partial charge in [0.05, 0.1) is 6.04 Å². The molecule has 1 aromatic carbocycles. The molecule has 0 spiro atoms. The molecule has 0 bridgehead atoms. The summed E-state index contributed by atoms with van der Waals surface area (Å²) in [6.45, 7) is 4.00. The second-order valence-electron chi connectivity index (χ2n) is 5.81.